The molecule has 7 rings (SSSR count). The second-order valence-electron chi connectivity index (χ2n) is 15.6. The largest absolute Gasteiger partial charge is 0.490 e. The number of rotatable bonds is 19. The number of amides is 1. The fraction of sp³-hybridized carbons (Fsp3) is 0.556. The van der Waals surface area contributed by atoms with Crippen LogP contribution in [0.25, 0.3) is 0 Å². The second kappa shape index (κ2) is 19.5. The molecule has 58 heavy (non-hydrogen) atoms. The van der Waals surface area contributed by atoms with E-state index in [-0.39, 0.29) is 57.3 Å². The molecular weight excluding hydrogens is 744 g/mol. The van der Waals surface area contributed by atoms with Crippen molar-refractivity contribution in [2.45, 2.75) is 94.8 Å². The number of fused-ring (bicyclic) bond motifs is 3. The van der Waals surface area contributed by atoms with E-state index in [4.69, 9.17) is 43.2 Å². The SMILES string of the molecule is C=CCOc1ccc2c(c1)[C@H]1[C@H](CCCCO)[C@@H](CCCCO)C=C3C(=NOC4CCCCO4)C[C@H](N(Cc4ccc5c(c4)OCO5)C(=O)OC)[C@@](OCC=C)(O2)[C@H]31. The Bertz CT molecular complexity index is 1810. The predicted molar refractivity (Wildman–Crippen MR) is 216 cm³/mol. The van der Waals surface area contributed by atoms with Crippen molar-refractivity contribution in [3.05, 3.63) is 84.5 Å². The Hall–Kier alpha value is -4.56. The minimum atomic E-state index is -1.45. The van der Waals surface area contributed by atoms with Crippen LogP contribution in [0.2, 0.25) is 0 Å². The number of aliphatic hydroxyl groups excluding tert-OH is 2. The molecule has 2 aromatic carbocycles. The third-order valence-electron chi connectivity index (χ3n) is 12.0. The van der Waals surface area contributed by atoms with E-state index in [1.807, 2.05) is 30.3 Å². The normalized spacial score (nSPS) is 27.4. The zero-order valence-corrected chi connectivity index (χ0v) is 33.6. The number of allylic oxidation sites excluding steroid dienone is 1. The van der Waals surface area contributed by atoms with Gasteiger partial charge in [0.05, 0.1) is 32.0 Å². The van der Waals surface area contributed by atoms with E-state index in [9.17, 15) is 15.0 Å². The van der Waals surface area contributed by atoms with E-state index in [1.165, 1.54) is 7.11 Å². The van der Waals surface area contributed by atoms with Crippen LogP contribution in [0.4, 0.5) is 4.79 Å². The number of unbranched alkanes of at least 4 members (excludes halogenated alkanes) is 2. The number of carbonyl (C=O) groups is 1. The third kappa shape index (κ3) is 8.73. The van der Waals surface area contributed by atoms with Gasteiger partial charge in [-0.2, -0.15) is 0 Å². The van der Waals surface area contributed by atoms with Crippen molar-refractivity contribution < 1.29 is 53.0 Å². The maximum absolute atomic E-state index is 14.3. The molecule has 2 fully saturated rings. The second-order valence-corrected chi connectivity index (χ2v) is 15.6. The molecule has 3 aliphatic heterocycles. The Labute approximate surface area is 341 Å². The Morgan fingerprint density at radius 3 is 2.53 bits per heavy atom. The minimum absolute atomic E-state index is 0.0611. The first-order valence-electron chi connectivity index (χ1n) is 20.8. The lowest BCUT2D eigenvalue weighted by Crippen LogP contribution is -2.70. The highest BCUT2D eigenvalue weighted by atomic mass is 16.8. The van der Waals surface area contributed by atoms with Crippen LogP contribution in [0.5, 0.6) is 23.0 Å². The van der Waals surface area contributed by atoms with Crippen molar-refractivity contribution in [2.24, 2.45) is 22.9 Å². The van der Waals surface area contributed by atoms with Gasteiger partial charge in [-0.1, -0.05) is 48.9 Å². The molecule has 0 spiro atoms. The molecule has 314 valence electrons. The Balaban J connectivity index is 1.44. The monoisotopic (exact) mass is 802 g/mol. The zero-order chi connectivity index (χ0) is 40.5. The third-order valence-corrected chi connectivity index (χ3v) is 12.0. The number of benzene rings is 2. The molecule has 1 saturated heterocycles. The van der Waals surface area contributed by atoms with E-state index >= 15 is 0 Å². The molecule has 1 unspecified atom stereocenters. The number of nitrogens with zero attached hydrogens (tertiary/aromatic N) is 2. The van der Waals surface area contributed by atoms with Crippen molar-refractivity contribution in [3.63, 3.8) is 0 Å². The average molecular weight is 803 g/mol. The topological polar surface area (TPSA) is 147 Å². The summed E-state index contributed by atoms with van der Waals surface area (Å²) >= 11 is 0. The summed E-state index contributed by atoms with van der Waals surface area (Å²) < 4.78 is 43.3. The lowest BCUT2D eigenvalue weighted by Gasteiger charge is -2.59. The summed E-state index contributed by atoms with van der Waals surface area (Å²) in [6.45, 7) is 9.40. The Morgan fingerprint density at radius 1 is 0.983 bits per heavy atom. The van der Waals surface area contributed by atoms with Gasteiger partial charge < -0.3 is 48.2 Å². The number of hydrogen-bond donors (Lipinski definition) is 2. The molecule has 3 heterocycles. The zero-order valence-electron chi connectivity index (χ0n) is 33.6. The molecule has 0 aromatic heterocycles. The van der Waals surface area contributed by atoms with Crippen LogP contribution in [-0.4, -0.2) is 92.0 Å². The summed E-state index contributed by atoms with van der Waals surface area (Å²) in [6, 6.07) is 10.7. The van der Waals surface area contributed by atoms with E-state index in [2.05, 4.69) is 25.3 Å². The summed E-state index contributed by atoms with van der Waals surface area (Å²) in [6.07, 6.45) is 12.2. The molecule has 13 nitrogen and oxygen atoms in total. The maximum Gasteiger partial charge on any atom is 0.410 e. The van der Waals surface area contributed by atoms with Gasteiger partial charge in [-0.3, -0.25) is 4.90 Å². The number of methoxy groups -OCH3 is 1. The van der Waals surface area contributed by atoms with Crippen molar-refractivity contribution in [3.8, 4) is 23.0 Å². The summed E-state index contributed by atoms with van der Waals surface area (Å²) in [7, 11) is 1.37. The van der Waals surface area contributed by atoms with E-state index in [1.54, 1.807) is 17.1 Å². The summed E-state index contributed by atoms with van der Waals surface area (Å²) in [5.74, 6) is 0.550. The molecule has 2 aromatic rings. The molecule has 0 radical (unpaired) electrons. The summed E-state index contributed by atoms with van der Waals surface area (Å²) in [4.78, 5) is 22.2. The molecular formula is C45H58N2O11. The lowest BCUT2D eigenvalue weighted by molar-refractivity contribution is -0.256. The van der Waals surface area contributed by atoms with Crippen LogP contribution < -0.4 is 18.9 Å². The minimum Gasteiger partial charge on any atom is -0.490 e. The average Bonchev–Trinajstić information content (AvgIpc) is 3.73. The fourth-order valence-electron chi connectivity index (χ4n) is 9.47. The molecule has 1 saturated carbocycles. The highest BCUT2D eigenvalue weighted by molar-refractivity contribution is 6.03. The van der Waals surface area contributed by atoms with Gasteiger partial charge in [-0.15, -0.1) is 6.58 Å². The van der Waals surface area contributed by atoms with Gasteiger partial charge in [0, 0.05) is 44.1 Å². The van der Waals surface area contributed by atoms with Crippen LogP contribution in [0.15, 0.2) is 78.5 Å². The quantitative estimate of drug-likeness (QED) is 0.0832. The Morgan fingerprint density at radius 2 is 1.78 bits per heavy atom. The van der Waals surface area contributed by atoms with Crippen LogP contribution in [-0.2, 0) is 25.6 Å². The molecule has 13 heteroatoms. The van der Waals surface area contributed by atoms with E-state index in [0.29, 0.717) is 54.8 Å². The number of carbonyl (C=O) groups excluding carboxylic acids is 1. The highest BCUT2D eigenvalue weighted by Gasteiger charge is 2.65. The van der Waals surface area contributed by atoms with Gasteiger partial charge in [0.15, 0.2) is 11.5 Å². The van der Waals surface area contributed by atoms with Gasteiger partial charge >= 0.3 is 6.09 Å². The lowest BCUT2D eigenvalue weighted by atomic mass is 9.55. The van der Waals surface area contributed by atoms with Gasteiger partial charge in [0.2, 0.25) is 18.9 Å². The standard InChI is InChI=1S/C45H58N2O11/c1-4-21-52-32-16-18-37-35(26-32)42-33(13-7-10-20-49)31(12-6-9-19-48)25-34-36(46-58-41-14-8-11-23-53-41)27-40(45(57-37,43(34)42)56-22-5-2)47(44(50)51-3)28-30-15-17-38-39(24-30)55-29-54-38/h4-5,15-18,24-26,31,33,40-43,48-49H,1-2,6-14,19-23,27-29H2,3H3/t31-,33+,40-,41?,42+,43+,45+/m0/s1. The smallest absolute Gasteiger partial charge is 0.410 e. The van der Waals surface area contributed by atoms with Crippen molar-refractivity contribution >= 4 is 11.8 Å². The molecule has 2 aliphatic carbocycles. The van der Waals surface area contributed by atoms with Crippen LogP contribution in [0.1, 0.15) is 81.3 Å². The van der Waals surface area contributed by atoms with E-state index in [0.717, 1.165) is 61.6 Å². The molecule has 5 aliphatic rings. The molecule has 0 bridgehead atoms. The maximum atomic E-state index is 14.3. The predicted octanol–water partition coefficient (Wildman–Crippen LogP) is 7.41. The number of ether oxygens (including phenoxy) is 7. The molecule has 1 amide bonds. The van der Waals surface area contributed by atoms with Gasteiger partial charge in [-0.25, -0.2) is 4.79 Å². The van der Waals surface area contributed by atoms with Gasteiger partial charge in [0.25, 0.3) is 0 Å². The first-order chi connectivity index (χ1) is 28.4. The first kappa shape index (κ1) is 41.6. The Kier molecular flexibility index (Phi) is 14.0. The number of hydrogen-bond acceptors (Lipinski definition) is 12. The number of aliphatic hydroxyl groups is 2. The highest BCUT2D eigenvalue weighted by Crippen LogP contribution is 2.62. The fourth-order valence-corrected chi connectivity index (χ4v) is 9.47. The molecule has 2 N–H and O–H groups in total. The summed E-state index contributed by atoms with van der Waals surface area (Å²) in [5.41, 5.74) is 3.38. The van der Waals surface area contributed by atoms with E-state index < -0.39 is 30.1 Å². The van der Waals surface area contributed by atoms with Crippen LogP contribution in [0.3, 0.4) is 0 Å². The van der Waals surface area contributed by atoms with Crippen molar-refractivity contribution in [1.82, 2.24) is 4.90 Å². The van der Waals surface area contributed by atoms with Crippen LogP contribution in [0, 0.1) is 17.8 Å². The van der Waals surface area contributed by atoms with Crippen molar-refractivity contribution in [1.29, 1.82) is 0 Å². The van der Waals surface area contributed by atoms with Gasteiger partial charge in [0.1, 0.15) is 24.1 Å². The van der Waals surface area contributed by atoms with Crippen LogP contribution >= 0.6 is 0 Å². The van der Waals surface area contributed by atoms with Gasteiger partial charge in [-0.05, 0) is 91.8 Å². The first-order valence-corrected chi connectivity index (χ1v) is 20.8. The number of oxime groups is 1. The summed E-state index contributed by atoms with van der Waals surface area (Å²) in [5, 5.41) is 24.7. The van der Waals surface area contributed by atoms with Crippen molar-refractivity contribution in [2.75, 3.05) is 46.9 Å². The molecule has 7 atom stereocenters.